The molecule has 1 unspecified atom stereocenters. The van der Waals surface area contributed by atoms with E-state index in [0.717, 1.165) is 0 Å². The van der Waals surface area contributed by atoms with E-state index in [9.17, 15) is 4.79 Å². The van der Waals surface area contributed by atoms with Crippen LogP contribution in [-0.2, 0) is 16.1 Å². The van der Waals surface area contributed by atoms with Gasteiger partial charge in [0.05, 0.1) is 28.6 Å². The Morgan fingerprint density at radius 2 is 2.23 bits per heavy atom. The second-order valence-electron chi connectivity index (χ2n) is 4.62. The van der Waals surface area contributed by atoms with Gasteiger partial charge in [0.1, 0.15) is 18.4 Å². The van der Waals surface area contributed by atoms with Crippen molar-refractivity contribution >= 4 is 34.9 Å². The van der Waals surface area contributed by atoms with Gasteiger partial charge in [-0.05, 0) is 18.2 Å². The molecule has 0 spiro atoms. The van der Waals surface area contributed by atoms with Crippen LogP contribution < -0.4 is 5.32 Å². The Hall–Kier alpha value is -1.69. The molecular weight excluding hydrogens is 329 g/mol. The summed E-state index contributed by atoms with van der Waals surface area (Å²) in [5, 5.41) is 13.0. The number of carbonyl (C=O) groups is 1. The molecule has 0 saturated heterocycles. The zero-order chi connectivity index (χ0) is 16.1. The van der Waals surface area contributed by atoms with Crippen molar-refractivity contribution in [2.75, 3.05) is 11.9 Å². The van der Waals surface area contributed by atoms with Gasteiger partial charge in [0, 0.05) is 12.5 Å². The molecule has 1 aromatic carbocycles. The largest absolute Gasteiger partial charge is 0.467 e. The number of nitrogens with one attached hydrogen (secondary N) is 1. The number of esters is 1. The molecule has 0 radical (unpaired) electrons. The van der Waals surface area contributed by atoms with Crippen molar-refractivity contribution in [3.05, 3.63) is 51.9 Å². The van der Waals surface area contributed by atoms with Crippen LogP contribution in [0.25, 0.3) is 0 Å². The number of ether oxygens (including phenoxy) is 1. The molecule has 2 aromatic rings. The summed E-state index contributed by atoms with van der Waals surface area (Å²) in [4.78, 5) is 11.0. The van der Waals surface area contributed by atoms with Crippen molar-refractivity contribution in [1.82, 2.24) is 0 Å². The standard InChI is InChI=1S/C15H15Cl2NO4/c1-9(20)21-8-13(14-5-10(6-19)7-22-14)18-12-4-2-3-11(16)15(12)17/h2-5,7,13,18-19H,6,8H2,1H3. The van der Waals surface area contributed by atoms with Crippen LogP contribution in [0.15, 0.2) is 34.9 Å². The van der Waals surface area contributed by atoms with Gasteiger partial charge in [0.2, 0.25) is 0 Å². The Morgan fingerprint density at radius 1 is 1.45 bits per heavy atom. The Labute approximate surface area is 137 Å². The lowest BCUT2D eigenvalue weighted by atomic mass is 10.2. The summed E-state index contributed by atoms with van der Waals surface area (Å²) >= 11 is 12.1. The number of anilines is 1. The van der Waals surface area contributed by atoms with Gasteiger partial charge in [-0.2, -0.15) is 0 Å². The summed E-state index contributed by atoms with van der Waals surface area (Å²) in [7, 11) is 0. The number of benzene rings is 1. The highest BCUT2D eigenvalue weighted by atomic mass is 35.5. The van der Waals surface area contributed by atoms with Crippen molar-refractivity contribution in [1.29, 1.82) is 0 Å². The molecule has 0 aliphatic rings. The number of hydrogen-bond acceptors (Lipinski definition) is 5. The van der Waals surface area contributed by atoms with Gasteiger partial charge in [0.25, 0.3) is 0 Å². The van der Waals surface area contributed by atoms with E-state index >= 15 is 0 Å². The number of halogens is 2. The summed E-state index contributed by atoms with van der Waals surface area (Å²) in [5.41, 5.74) is 1.22. The van der Waals surface area contributed by atoms with Crippen LogP contribution in [0.2, 0.25) is 10.0 Å². The second kappa shape index (κ2) is 7.54. The summed E-state index contributed by atoms with van der Waals surface area (Å²) in [6.07, 6.45) is 1.44. The maximum Gasteiger partial charge on any atom is 0.302 e. The zero-order valence-corrected chi connectivity index (χ0v) is 13.3. The van der Waals surface area contributed by atoms with Gasteiger partial charge in [-0.3, -0.25) is 4.79 Å². The van der Waals surface area contributed by atoms with Crippen LogP contribution in [0.5, 0.6) is 0 Å². The monoisotopic (exact) mass is 343 g/mol. The van der Waals surface area contributed by atoms with E-state index in [2.05, 4.69) is 5.32 Å². The number of carbonyl (C=O) groups excluding carboxylic acids is 1. The van der Waals surface area contributed by atoms with E-state index in [-0.39, 0.29) is 13.2 Å². The number of hydrogen-bond donors (Lipinski definition) is 2. The Balaban J connectivity index is 2.23. The number of aliphatic hydroxyl groups excluding tert-OH is 1. The first-order chi connectivity index (χ1) is 10.5. The van der Waals surface area contributed by atoms with E-state index in [1.807, 2.05) is 0 Å². The highest BCUT2D eigenvalue weighted by molar-refractivity contribution is 6.43. The van der Waals surface area contributed by atoms with Crippen LogP contribution in [0.4, 0.5) is 5.69 Å². The molecule has 0 bridgehead atoms. The number of rotatable bonds is 6. The van der Waals surface area contributed by atoms with Gasteiger partial charge >= 0.3 is 5.97 Å². The third-order valence-corrected chi connectivity index (χ3v) is 3.75. The molecule has 0 fully saturated rings. The normalized spacial score (nSPS) is 12.0. The first-order valence-corrected chi connectivity index (χ1v) is 7.29. The van der Waals surface area contributed by atoms with E-state index in [1.54, 1.807) is 24.3 Å². The van der Waals surface area contributed by atoms with Crippen LogP contribution in [0.3, 0.4) is 0 Å². The fourth-order valence-electron chi connectivity index (χ4n) is 1.86. The lowest BCUT2D eigenvalue weighted by molar-refractivity contribution is -0.141. The molecule has 2 rings (SSSR count). The second-order valence-corrected chi connectivity index (χ2v) is 5.40. The lowest BCUT2D eigenvalue weighted by Crippen LogP contribution is -2.18. The first kappa shape index (κ1) is 16.7. The van der Waals surface area contributed by atoms with Gasteiger partial charge in [-0.1, -0.05) is 29.3 Å². The van der Waals surface area contributed by atoms with Crippen molar-refractivity contribution in [2.24, 2.45) is 0 Å². The van der Waals surface area contributed by atoms with E-state index < -0.39 is 12.0 Å². The Morgan fingerprint density at radius 3 is 2.86 bits per heavy atom. The maximum absolute atomic E-state index is 11.0. The molecule has 0 aliphatic heterocycles. The minimum atomic E-state index is -0.458. The molecule has 22 heavy (non-hydrogen) atoms. The quantitative estimate of drug-likeness (QED) is 0.780. The highest BCUT2D eigenvalue weighted by Gasteiger charge is 2.19. The van der Waals surface area contributed by atoms with Crippen LogP contribution in [0, 0.1) is 0 Å². The summed E-state index contributed by atoms with van der Waals surface area (Å²) < 4.78 is 10.4. The van der Waals surface area contributed by atoms with Gasteiger partial charge in [0.15, 0.2) is 0 Å². The fraction of sp³-hybridized carbons (Fsp3) is 0.267. The predicted octanol–water partition coefficient (Wildman–Crippen LogP) is 3.80. The summed E-state index contributed by atoms with van der Waals surface area (Å²) in [6, 6.07) is 6.40. The summed E-state index contributed by atoms with van der Waals surface area (Å²) in [5.74, 6) is 0.110. The van der Waals surface area contributed by atoms with Crippen LogP contribution >= 0.6 is 23.2 Å². The van der Waals surface area contributed by atoms with Crippen LogP contribution in [0.1, 0.15) is 24.3 Å². The minimum Gasteiger partial charge on any atom is -0.467 e. The number of furan rings is 1. The molecule has 1 heterocycles. The van der Waals surface area contributed by atoms with Gasteiger partial charge in [-0.15, -0.1) is 0 Å². The molecule has 0 amide bonds. The molecule has 118 valence electrons. The maximum atomic E-state index is 11.0. The molecule has 1 atom stereocenters. The topological polar surface area (TPSA) is 71.7 Å². The van der Waals surface area contributed by atoms with Crippen molar-refractivity contribution in [2.45, 2.75) is 19.6 Å². The molecule has 5 nitrogen and oxygen atoms in total. The molecular formula is C15H15Cl2NO4. The van der Waals surface area contributed by atoms with Crippen molar-refractivity contribution in [3.8, 4) is 0 Å². The van der Waals surface area contributed by atoms with Crippen molar-refractivity contribution < 1.29 is 19.1 Å². The molecule has 1 aromatic heterocycles. The van der Waals surface area contributed by atoms with E-state index in [4.69, 9.17) is 37.5 Å². The van der Waals surface area contributed by atoms with E-state index in [0.29, 0.717) is 27.1 Å². The average molecular weight is 344 g/mol. The van der Waals surface area contributed by atoms with Gasteiger partial charge in [-0.25, -0.2) is 0 Å². The first-order valence-electron chi connectivity index (χ1n) is 6.53. The third kappa shape index (κ3) is 4.16. The lowest BCUT2D eigenvalue weighted by Gasteiger charge is -2.18. The fourth-order valence-corrected chi connectivity index (χ4v) is 2.21. The predicted molar refractivity (Wildman–Crippen MR) is 84.1 cm³/mol. The Bertz CT molecular complexity index is 657. The molecule has 2 N–H and O–H groups in total. The molecule has 0 aliphatic carbocycles. The molecule has 7 heteroatoms. The third-order valence-electron chi connectivity index (χ3n) is 2.93. The number of aliphatic hydroxyl groups is 1. The van der Waals surface area contributed by atoms with Crippen LogP contribution in [-0.4, -0.2) is 17.7 Å². The SMILES string of the molecule is CC(=O)OCC(Nc1cccc(Cl)c1Cl)c1cc(CO)co1. The van der Waals surface area contributed by atoms with E-state index in [1.165, 1.54) is 13.2 Å². The van der Waals surface area contributed by atoms with Crippen molar-refractivity contribution in [3.63, 3.8) is 0 Å². The average Bonchev–Trinajstić information content (AvgIpc) is 2.96. The Kier molecular flexibility index (Phi) is 5.71. The summed E-state index contributed by atoms with van der Waals surface area (Å²) in [6.45, 7) is 1.24. The highest BCUT2D eigenvalue weighted by Crippen LogP contribution is 2.32. The smallest absolute Gasteiger partial charge is 0.302 e. The minimum absolute atomic E-state index is 0.0521. The molecule has 0 saturated carbocycles. The van der Waals surface area contributed by atoms with Gasteiger partial charge < -0.3 is 19.6 Å². The zero-order valence-electron chi connectivity index (χ0n) is 11.8.